The molecular weight excluding hydrogens is 387 g/mol. The Balaban J connectivity index is 1.99. The maximum Gasteiger partial charge on any atom is 0.434 e. The number of hydrogen-bond donors (Lipinski definition) is 2. The Kier molecular flexibility index (Phi) is 7.11. The topological polar surface area (TPSA) is 49.3 Å². The fourth-order valence-electron chi connectivity index (χ4n) is 2.21. The van der Waals surface area contributed by atoms with E-state index in [0.717, 1.165) is 28.8 Å². The van der Waals surface area contributed by atoms with Crippen molar-refractivity contribution >= 4 is 17.3 Å². The van der Waals surface area contributed by atoms with Crippen LogP contribution in [0.15, 0.2) is 28.6 Å². The summed E-state index contributed by atoms with van der Waals surface area (Å²) in [5.41, 5.74) is -0.363. The van der Waals surface area contributed by atoms with Crippen molar-refractivity contribution in [2.75, 3.05) is 13.1 Å². The molecule has 27 heavy (non-hydrogen) atoms. The fraction of sp³-hybridized carbons (Fsp3) is 0.412. The van der Waals surface area contributed by atoms with Crippen molar-refractivity contribution in [2.45, 2.75) is 32.5 Å². The van der Waals surface area contributed by atoms with Crippen LogP contribution in [0, 0.1) is 11.6 Å². The Morgan fingerprint density at radius 3 is 2.59 bits per heavy atom. The van der Waals surface area contributed by atoms with Gasteiger partial charge in [-0.1, -0.05) is 6.07 Å². The number of aromatic nitrogens is 1. The summed E-state index contributed by atoms with van der Waals surface area (Å²) in [6.45, 7) is 4.41. The summed E-state index contributed by atoms with van der Waals surface area (Å²) in [7, 11) is 0. The Bertz CT molecular complexity index is 788. The highest BCUT2D eigenvalue weighted by Crippen LogP contribution is 2.30. The first-order valence-corrected chi connectivity index (χ1v) is 9.10. The highest BCUT2D eigenvalue weighted by molar-refractivity contribution is 7.09. The third-order valence-corrected chi connectivity index (χ3v) is 4.49. The van der Waals surface area contributed by atoms with E-state index in [9.17, 15) is 22.0 Å². The van der Waals surface area contributed by atoms with Crippen LogP contribution in [-0.4, -0.2) is 24.0 Å². The van der Waals surface area contributed by atoms with Gasteiger partial charge in [0.25, 0.3) is 0 Å². The van der Waals surface area contributed by atoms with Crippen LogP contribution in [0.4, 0.5) is 22.0 Å². The average Bonchev–Trinajstić information content (AvgIpc) is 3.06. The van der Waals surface area contributed by atoms with Crippen molar-refractivity contribution in [3.8, 4) is 0 Å². The first-order valence-electron chi connectivity index (χ1n) is 8.22. The number of rotatable bonds is 6. The van der Waals surface area contributed by atoms with Crippen LogP contribution in [0.1, 0.15) is 36.2 Å². The second kappa shape index (κ2) is 9.12. The second-order valence-corrected chi connectivity index (χ2v) is 6.62. The molecule has 0 saturated carbocycles. The molecule has 148 valence electrons. The standard InChI is InChI=1S/C17H19F5N4S/c1-3-23-16(25-10(2)11-4-5-12(18)13(19)8-11)24-7-6-15-26-14(9-27-15)17(20,21)22/h4-5,8-10H,3,6-7H2,1-2H3,(H2,23,24,25). The molecule has 0 fully saturated rings. The van der Waals surface area contributed by atoms with E-state index in [0.29, 0.717) is 23.1 Å². The quantitative estimate of drug-likeness (QED) is 0.427. The molecular formula is C17H19F5N4S. The SMILES string of the molecule is CCNC(=NCCc1nc(C(F)(F)F)cs1)NC(C)c1ccc(F)c(F)c1. The lowest BCUT2D eigenvalue weighted by atomic mass is 10.1. The maximum absolute atomic E-state index is 13.4. The molecule has 0 saturated heterocycles. The van der Waals surface area contributed by atoms with Gasteiger partial charge in [-0.2, -0.15) is 13.2 Å². The van der Waals surface area contributed by atoms with Crippen molar-refractivity contribution in [1.82, 2.24) is 15.6 Å². The van der Waals surface area contributed by atoms with E-state index in [1.807, 2.05) is 6.92 Å². The minimum atomic E-state index is -4.45. The molecule has 0 amide bonds. The largest absolute Gasteiger partial charge is 0.434 e. The van der Waals surface area contributed by atoms with Crippen molar-refractivity contribution in [1.29, 1.82) is 0 Å². The summed E-state index contributed by atoms with van der Waals surface area (Å²) in [5.74, 6) is -1.44. The number of alkyl halides is 3. The first kappa shape index (κ1) is 21.1. The lowest BCUT2D eigenvalue weighted by molar-refractivity contribution is -0.140. The molecule has 0 spiro atoms. The van der Waals surface area contributed by atoms with Gasteiger partial charge in [0.1, 0.15) is 0 Å². The lowest BCUT2D eigenvalue weighted by Crippen LogP contribution is -2.39. The minimum absolute atomic E-state index is 0.227. The van der Waals surface area contributed by atoms with E-state index in [1.165, 1.54) is 6.07 Å². The van der Waals surface area contributed by atoms with Crippen LogP contribution in [0.5, 0.6) is 0 Å². The van der Waals surface area contributed by atoms with E-state index < -0.39 is 23.5 Å². The van der Waals surface area contributed by atoms with E-state index in [4.69, 9.17) is 0 Å². The Hall–Kier alpha value is -2.23. The van der Waals surface area contributed by atoms with Crippen LogP contribution < -0.4 is 10.6 Å². The molecule has 0 aliphatic heterocycles. The van der Waals surface area contributed by atoms with Crippen LogP contribution in [0.3, 0.4) is 0 Å². The van der Waals surface area contributed by atoms with Gasteiger partial charge < -0.3 is 10.6 Å². The molecule has 1 heterocycles. The van der Waals surface area contributed by atoms with Gasteiger partial charge in [0.15, 0.2) is 23.3 Å². The van der Waals surface area contributed by atoms with Crippen LogP contribution in [0.25, 0.3) is 0 Å². The Labute approximate surface area is 157 Å². The third-order valence-electron chi connectivity index (χ3n) is 3.58. The molecule has 2 aromatic rings. The van der Waals surface area contributed by atoms with E-state index in [-0.39, 0.29) is 19.0 Å². The maximum atomic E-state index is 13.4. The Morgan fingerprint density at radius 2 is 2.00 bits per heavy atom. The number of thiazole rings is 1. The van der Waals surface area contributed by atoms with Gasteiger partial charge in [-0.15, -0.1) is 11.3 Å². The number of nitrogens with zero attached hydrogens (tertiary/aromatic N) is 2. The van der Waals surface area contributed by atoms with E-state index in [2.05, 4.69) is 20.6 Å². The fourth-order valence-corrected chi connectivity index (χ4v) is 3.00. The monoisotopic (exact) mass is 406 g/mol. The molecule has 10 heteroatoms. The summed E-state index contributed by atoms with van der Waals surface area (Å²) in [4.78, 5) is 7.85. The number of hydrogen-bond acceptors (Lipinski definition) is 3. The molecule has 0 aliphatic carbocycles. The van der Waals surface area contributed by atoms with Gasteiger partial charge in [0, 0.05) is 24.9 Å². The van der Waals surface area contributed by atoms with E-state index in [1.54, 1.807) is 6.92 Å². The molecule has 0 radical (unpaired) electrons. The van der Waals surface area contributed by atoms with Gasteiger partial charge in [0.05, 0.1) is 11.0 Å². The predicted octanol–water partition coefficient (Wildman–Crippen LogP) is 4.30. The van der Waals surface area contributed by atoms with Crippen molar-refractivity contribution < 1.29 is 22.0 Å². The molecule has 1 unspecified atom stereocenters. The summed E-state index contributed by atoms with van der Waals surface area (Å²) in [6.07, 6.45) is -4.19. The highest BCUT2D eigenvalue weighted by atomic mass is 32.1. The molecule has 0 bridgehead atoms. The summed E-state index contributed by atoms with van der Waals surface area (Å²) >= 11 is 0.937. The van der Waals surface area contributed by atoms with Gasteiger partial charge >= 0.3 is 6.18 Å². The number of halogens is 5. The van der Waals surface area contributed by atoms with Crippen molar-refractivity contribution in [2.24, 2.45) is 4.99 Å². The molecule has 4 nitrogen and oxygen atoms in total. The van der Waals surface area contributed by atoms with Crippen molar-refractivity contribution in [3.05, 3.63) is 51.5 Å². The van der Waals surface area contributed by atoms with Gasteiger partial charge in [-0.25, -0.2) is 13.8 Å². The number of guanidine groups is 1. The zero-order valence-corrected chi connectivity index (χ0v) is 15.5. The molecule has 2 rings (SSSR count). The first-order chi connectivity index (χ1) is 12.7. The van der Waals surface area contributed by atoms with Gasteiger partial charge in [-0.3, -0.25) is 4.99 Å². The number of benzene rings is 1. The Morgan fingerprint density at radius 1 is 1.26 bits per heavy atom. The summed E-state index contributed by atoms with van der Waals surface area (Å²) in [5, 5.41) is 7.37. The second-order valence-electron chi connectivity index (χ2n) is 5.67. The molecule has 1 atom stereocenters. The molecule has 1 aromatic carbocycles. The summed E-state index contributed by atoms with van der Waals surface area (Å²) < 4.78 is 64.1. The van der Waals surface area contributed by atoms with Crippen molar-refractivity contribution in [3.63, 3.8) is 0 Å². The van der Waals surface area contributed by atoms with Crippen LogP contribution in [0.2, 0.25) is 0 Å². The van der Waals surface area contributed by atoms with Gasteiger partial charge in [0.2, 0.25) is 0 Å². The predicted molar refractivity (Wildman–Crippen MR) is 94.7 cm³/mol. The molecule has 2 N–H and O–H groups in total. The number of aliphatic imine (C=N–C) groups is 1. The minimum Gasteiger partial charge on any atom is -0.357 e. The number of nitrogens with one attached hydrogen (secondary N) is 2. The molecule has 1 aromatic heterocycles. The van der Waals surface area contributed by atoms with E-state index >= 15 is 0 Å². The highest BCUT2D eigenvalue weighted by Gasteiger charge is 2.33. The third kappa shape index (κ3) is 6.16. The normalized spacial score (nSPS) is 13.5. The lowest BCUT2D eigenvalue weighted by Gasteiger charge is -2.18. The molecule has 0 aliphatic rings. The van der Waals surface area contributed by atoms with Gasteiger partial charge in [-0.05, 0) is 31.5 Å². The van der Waals surface area contributed by atoms with Crippen LogP contribution >= 0.6 is 11.3 Å². The average molecular weight is 406 g/mol. The zero-order valence-electron chi connectivity index (χ0n) is 14.7. The summed E-state index contributed by atoms with van der Waals surface area (Å²) in [6, 6.07) is 3.27. The zero-order chi connectivity index (χ0) is 20.0. The smallest absolute Gasteiger partial charge is 0.357 e. The van der Waals surface area contributed by atoms with Crippen LogP contribution in [-0.2, 0) is 12.6 Å².